The van der Waals surface area contributed by atoms with Crippen LogP contribution in [-0.4, -0.2) is 9.97 Å². The summed E-state index contributed by atoms with van der Waals surface area (Å²) in [5, 5.41) is 2.02. The topological polar surface area (TPSA) is 51.8 Å². The maximum Gasteiger partial charge on any atom is 0.115 e. The van der Waals surface area contributed by atoms with Gasteiger partial charge in [-0.2, -0.15) is 0 Å². The van der Waals surface area contributed by atoms with Crippen molar-refractivity contribution in [3.8, 4) is 0 Å². The molecule has 94 valence electrons. The van der Waals surface area contributed by atoms with Crippen molar-refractivity contribution in [2.45, 2.75) is 9.92 Å². The Kier molecular flexibility index (Phi) is 3.40. The second-order valence-corrected chi connectivity index (χ2v) is 5.86. The molecule has 2 heterocycles. The zero-order valence-corrected chi connectivity index (χ0v) is 12.3. The van der Waals surface area contributed by atoms with E-state index in [9.17, 15) is 0 Å². The number of nitrogen functional groups attached to an aromatic ring is 1. The summed E-state index contributed by atoms with van der Waals surface area (Å²) >= 11 is 5.12. The van der Waals surface area contributed by atoms with Crippen LogP contribution < -0.4 is 5.73 Å². The largest absolute Gasteiger partial charge is 0.399 e. The Balaban J connectivity index is 2.09. The molecule has 0 atom stereocenters. The molecule has 0 aliphatic carbocycles. The van der Waals surface area contributed by atoms with E-state index >= 15 is 0 Å². The van der Waals surface area contributed by atoms with Gasteiger partial charge >= 0.3 is 0 Å². The Hall–Kier alpha value is -1.59. The Morgan fingerprint density at radius 3 is 2.79 bits per heavy atom. The Bertz CT molecular complexity index is 746. The molecule has 0 amide bonds. The van der Waals surface area contributed by atoms with Gasteiger partial charge in [0.25, 0.3) is 0 Å². The number of anilines is 1. The smallest absolute Gasteiger partial charge is 0.115 e. The van der Waals surface area contributed by atoms with Crippen LogP contribution in [0.15, 0.2) is 63.2 Å². The lowest BCUT2D eigenvalue weighted by Gasteiger charge is -2.06. The molecular formula is C14H10BrN3S. The van der Waals surface area contributed by atoms with Gasteiger partial charge in [-0.1, -0.05) is 11.8 Å². The minimum atomic E-state index is 0.723. The first-order valence-corrected chi connectivity index (χ1v) is 7.27. The summed E-state index contributed by atoms with van der Waals surface area (Å²) in [6, 6.07) is 11.6. The molecule has 3 rings (SSSR count). The molecule has 0 spiro atoms. The van der Waals surface area contributed by atoms with Crippen molar-refractivity contribution >= 4 is 44.3 Å². The van der Waals surface area contributed by atoms with E-state index in [2.05, 4.69) is 25.9 Å². The zero-order chi connectivity index (χ0) is 13.2. The van der Waals surface area contributed by atoms with E-state index < -0.39 is 0 Å². The third kappa shape index (κ3) is 2.57. The van der Waals surface area contributed by atoms with Crippen LogP contribution in [0.1, 0.15) is 0 Å². The van der Waals surface area contributed by atoms with Crippen LogP contribution in [0.25, 0.3) is 10.9 Å². The predicted molar refractivity (Wildman–Crippen MR) is 82.2 cm³/mol. The normalized spacial score (nSPS) is 10.8. The summed E-state index contributed by atoms with van der Waals surface area (Å²) in [5.41, 5.74) is 7.41. The van der Waals surface area contributed by atoms with Crippen LogP contribution in [0.4, 0.5) is 5.69 Å². The van der Waals surface area contributed by atoms with Crippen molar-refractivity contribution < 1.29 is 0 Å². The van der Waals surface area contributed by atoms with Crippen molar-refractivity contribution in [3.63, 3.8) is 0 Å². The second kappa shape index (κ2) is 5.19. The Morgan fingerprint density at radius 1 is 1.05 bits per heavy atom. The van der Waals surface area contributed by atoms with E-state index in [1.54, 1.807) is 24.2 Å². The lowest BCUT2D eigenvalue weighted by Crippen LogP contribution is -1.88. The molecule has 19 heavy (non-hydrogen) atoms. The molecule has 2 N–H and O–H groups in total. The van der Waals surface area contributed by atoms with Gasteiger partial charge < -0.3 is 5.73 Å². The first-order valence-electron chi connectivity index (χ1n) is 5.66. The number of pyridine rings is 2. The molecule has 0 aliphatic heterocycles. The van der Waals surface area contributed by atoms with Crippen molar-refractivity contribution in [2.75, 3.05) is 5.73 Å². The van der Waals surface area contributed by atoms with Gasteiger partial charge in [-0.3, -0.25) is 4.98 Å². The van der Waals surface area contributed by atoms with Gasteiger partial charge in [0.1, 0.15) is 5.03 Å². The fourth-order valence-corrected chi connectivity index (χ4v) is 3.18. The number of rotatable bonds is 2. The summed E-state index contributed by atoms with van der Waals surface area (Å²) in [4.78, 5) is 9.83. The monoisotopic (exact) mass is 331 g/mol. The van der Waals surface area contributed by atoms with Crippen LogP contribution in [0, 0.1) is 0 Å². The average molecular weight is 332 g/mol. The molecule has 0 fully saturated rings. The van der Waals surface area contributed by atoms with Gasteiger partial charge in [0, 0.05) is 28.4 Å². The molecule has 3 aromatic rings. The summed E-state index contributed by atoms with van der Waals surface area (Å²) in [7, 11) is 0. The lowest BCUT2D eigenvalue weighted by molar-refractivity contribution is 1.11. The van der Waals surface area contributed by atoms with Crippen LogP contribution in [0.5, 0.6) is 0 Å². The molecule has 0 saturated carbocycles. The highest BCUT2D eigenvalue weighted by Gasteiger charge is 2.07. The average Bonchev–Trinajstić information content (AvgIpc) is 2.41. The molecule has 0 radical (unpaired) electrons. The van der Waals surface area contributed by atoms with E-state index in [4.69, 9.17) is 5.73 Å². The molecule has 0 bridgehead atoms. The highest BCUT2D eigenvalue weighted by Crippen LogP contribution is 2.35. The van der Waals surface area contributed by atoms with Crippen molar-refractivity contribution in [1.29, 1.82) is 0 Å². The van der Waals surface area contributed by atoms with Crippen LogP contribution in [0.2, 0.25) is 0 Å². The van der Waals surface area contributed by atoms with Crippen molar-refractivity contribution in [3.05, 3.63) is 53.3 Å². The maximum atomic E-state index is 5.78. The van der Waals surface area contributed by atoms with Gasteiger partial charge in [0.05, 0.1) is 9.99 Å². The zero-order valence-electron chi connectivity index (χ0n) is 9.88. The third-order valence-corrected chi connectivity index (χ3v) is 4.66. The van der Waals surface area contributed by atoms with Crippen LogP contribution in [-0.2, 0) is 0 Å². The molecule has 0 saturated heterocycles. The van der Waals surface area contributed by atoms with Crippen LogP contribution >= 0.6 is 27.7 Å². The molecule has 0 unspecified atom stereocenters. The number of aromatic nitrogens is 2. The van der Waals surface area contributed by atoms with Gasteiger partial charge in [0.15, 0.2) is 0 Å². The number of nitrogens with zero attached hydrogens (tertiary/aromatic N) is 2. The maximum absolute atomic E-state index is 5.78. The quantitative estimate of drug-likeness (QED) is 0.717. The van der Waals surface area contributed by atoms with E-state index in [0.717, 1.165) is 31.0 Å². The number of hydrogen-bond donors (Lipinski definition) is 1. The minimum absolute atomic E-state index is 0.723. The summed E-state index contributed by atoms with van der Waals surface area (Å²) in [6.45, 7) is 0. The van der Waals surface area contributed by atoms with E-state index in [-0.39, 0.29) is 0 Å². The number of halogens is 1. The fourth-order valence-electron chi connectivity index (χ4n) is 1.78. The summed E-state index contributed by atoms with van der Waals surface area (Å²) in [6.07, 6.45) is 3.58. The lowest BCUT2D eigenvalue weighted by atomic mass is 10.2. The summed E-state index contributed by atoms with van der Waals surface area (Å²) in [5.74, 6) is 0. The molecule has 1 aromatic carbocycles. The highest BCUT2D eigenvalue weighted by atomic mass is 79.9. The van der Waals surface area contributed by atoms with E-state index in [1.165, 1.54) is 0 Å². The summed E-state index contributed by atoms with van der Waals surface area (Å²) < 4.78 is 0.986. The third-order valence-electron chi connectivity index (χ3n) is 2.66. The predicted octanol–water partition coefficient (Wildman–Crippen LogP) is 4.13. The van der Waals surface area contributed by atoms with Crippen molar-refractivity contribution in [1.82, 2.24) is 9.97 Å². The second-order valence-electron chi connectivity index (χ2n) is 3.98. The number of nitrogens with two attached hydrogens (primary N) is 1. The molecule has 0 aliphatic rings. The van der Waals surface area contributed by atoms with E-state index in [1.807, 2.05) is 36.4 Å². The Labute approximate surface area is 123 Å². The van der Waals surface area contributed by atoms with Gasteiger partial charge in [0.2, 0.25) is 0 Å². The van der Waals surface area contributed by atoms with Gasteiger partial charge in [-0.15, -0.1) is 0 Å². The van der Waals surface area contributed by atoms with Gasteiger partial charge in [-0.05, 0) is 52.3 Å². The standard InChI is InChI=1S/C14H10BrN3S/c15-11-2-1-6-18-14(11)19-13-5-7-17-12-8-9(16)3-4-10(12)13/h1-8H,16H2. The minimum Gasteiger partial charge on any atom is -0.399 e. The van der Waals surface area contributed by atoms with E-state index in [0.29, 0.717) is 0 Å². The highest BCUT2D eigenvalue weighted by molar-refractivity contribution is 9.10. The molecular weight excluding hydrogens is 322 g/mol. The fraction of sp³-hybridized carbons (Fsp3) is 0. The number of fused-ring (bicyclic) bond motifs is 1. The number of hydrogen-bond acceptors (Lipinski definition) is 4. The molecule has 2 aromatic heterocycles. The number of benzene rings is 1. The Morgan fingerprint density at radius 2 is 1.95 bits per heavy atom. The molecule has 5 heteroatoms. The first kappa shape index (κ1) is 12.4. The van der Waals surface area contributed by atoms with Crippen molar-refractivity contribution in [2.24, 2.45) is 0 Å². The van der Waals surface area contributed by atoms with Gasteiger partial charge in [-0.25, -0.2) is 4.98 Å². The molecule has 3 nitrogen and oxygen atoms in total. The SMILES string of the molecule is Nc1ccc2c(Sc3ncccc3Br)ccnc2c1. The van der Waals surface area contributed by atoms with Crippen LogP contribution in [0.3, 0.4) is 0 Å². The first-order chi connectivity index (χ1) is 9.24.